The molecule has 3 N–H and O–H groups in total. The Balaban J connectivity index is 1.60. The number of aromatic nitrogens is 1. The number of carbonyl (C=O) groups excluding carboxylic acids is 2. The molecule has 1 aromatic heterocycles. The summed E-state index contributed by atoms with van der Waals surface area (Å²) in [4.78, 5) is 29.4. The summed E-state index contributed by atoms with van der Waals surface area (Å²) >= 11 is 12.7. The molecule has 0 aliphatic rings. The Hall–Kier alpha value is -3.45. The molecule has 166 valence electrons. The number of anilines is 1. The maximum atomic E-state index is 12.9. The summed E-state index contributed by atoms with van der Waals surface area (Å²) < 4.78 is 0. The Morgan fingerprint density at radius 3 is 2.52 bits per heavy atom. The normalized spacial score (nSPS) is 10.8. The second-order valence-electron chi connectivity index (χ2n) is 7.20. The standard InChI is InChI=1S/C25H19Cl2N3O3/c26-21-8-6-17(14-20(21)23-18-4-2-1-3-15(18)9-10-28-23)30-25(33)19-7-5-16(13-22(19)27)24(32)29-11-12-31/h1-10,13-14,31H,11-12H2,(H,29,32)(H,30,33). The lowest BCUT2D eigenvalue weighted by molar-refractivity contribution is 0.0943. The fourth-order valence-electron chi connectivity index (χ4n) is 3.43. The van der Waals surface area contributed by atoms with E-state index in [0.29, 0.717) is 27.5 Å². The van der Waals surface area contributed by atoms with E-state index in [1.165, 1.54) is 18.2 Å². The minimum atomic E-state index is -0.429. The van der Waals surface area contributed by atoms with Crippen LogP contribution in [0.25, 0.3) is 22.0 Å². The van der Waals surface area contributed by atoms with Crippen LogP contribution in [0.4, 0.5) is 5.69 Å². The maximum absolute atomic E-state index is 12.9. The Morgan fingerprint density at radius 2 is 1.73 bits per heavy atom. The van der Waals surface area contributed by atoms with Gasteiger partial charge in [0.15, 0.2) is 0 Å². The third kappa shape index (κ3) is 4.98. The molecule has 8 heteroatoms. The zero-order valence-electron chi connectivity index (χ0n) is 17.3. The fourth-order valence-corrected chi connectivity index (χ4v) is 3.90. The van der Waals surface area contributed by atoms with Crippen LogP contribution in [0.1, 0.15) is 20.7 Å². The Bertz CT molecular complexity index is 1350. The first-order chi connectivity index (χ1) is 16.0. The number of aliphatic hydroxyl groups excluding tert-OH is 1. The molecule has 4 aromatic rings. The average Bonchev–Trinajstić information content (AvgIpc) is 2.83. The van der Waals surface area contributed by atoms with Gasteiger partial charge in [-0.05, 0) is 47.9 Å². The summed E-state index contributed by atoms with van der Waals surface area (Å²) in [5, 5.41) is 16.8. The lowest BCUT2D eigenvalue weighted by atomic mass is 10.0. The second-order valence-corrected chi connectivity index (χ2v) is 8.02. The summed E-state index contributed by atoms with van der Waals surface area (Å²) in [5.41, 5.74) is 2.43. The molecule has 0 bridgehead atoms. The van der Waals surface area contributed by atoms with Gasteiger partial charge in [0.25, 0.3) is 11.8 Å². The number of amides is 2. The van der Waals surface area contributed by atoms with E-state index < -0.39 is 5.91 Å². The van der Waals surface area contributed by atoms with Crippen molar-refractivity contribution in [3.8, 4) is 11.3 Å². The molecule has 3 aromatic carbocycles. The van der Waals surface area contributed by atoms with Gasteiger partial charge in [-0.15, -0.1) is 0 Å². The molecule has 0 atom stereocenters. The summed E-state index contributed by atoms with van der Waals surface area (Å²) in [6.45, 7) is -0.0412. The number of hydrogen-bond acceptors (Lipinski definition) is 4. The van der Waals surface area contributed by atoms with Gasteiger partial charge in [-0.3, -0.25) is 14.6 Å². The van der Waals surface area contributed by atoms with Crippen LogP contribution in [-0.2, 0) is 0 Å². The molecule has 33 heavy (non-hydrogen) atoms. The Morgan fingerprint density at radius 1 is 0.909 bits per heavy atom. The van der Waals surface area contributed by atoms with Gasteiger partial charge >= 0.3 is 0 Å². The number of hydrogen-bond donors (Lipinski definition) is 3. The molecule has 4 rings (SSSR count). The topological polar surface area (TPSA) is 91.3 Å². The number of carbonyl (C=O) groups is 2. The third-order valence-corrected chi connectivity index (χ3v) is 5.67. The largest absolute Gasteiger partial charge is 0.395 e. The van der Waals surface area contributed by atoms with Gasteiger partial charge < -0.3 is 15.7 Å². The molecule has 1 heterocycles. The van der Waals surface area contributed by atoms with Crippen LogP contribution < -0.4 is 10.6 Å². The van der Waals surface area contributed by atoms with Crippen molar-refractivity contribution in [1.82, 2.24) is 10.3 Å². The predicted octanol–water partition coefficient (Wildman–Crippen LogP) is 5.18. The van der Waals surface area contributed by atoms with Crippen LogP contribution in [0, 0.1) is 0 Å². The van der Waals surface area contributed by atoms with Gasteiger partial charge in [-0.2, -0.15) is 0 Å². The van der Waals surface area contributed by atoms with E-state index >= 15 is 0 Å². The monoisotopic (exact) mass is 479 g/mol. The van der Waals surface area contributed by atoms with E-state index in [9.17, 15) is 9.59 Å². The van der Waals surface area contributed by atoms with Gasteiger partial charge in [0.2, 0.25) is 0 Å². The van der Waals surface area contributed by atoms with Gasteiger partial charge in [0.1, 0.15) is 0 Å². The van der Waals surface area contributed by atoms with Crippen molar-refractivity contribution in [2.24, 2.45) is 0 Å². The van der Waals surface area contributed by atoms with Crippen molar-refractivity contribution in [2.75, 3.05) is 18.5 Å². The van der Waals surface area contributed by atoms with Crippen LogP contribution in [0.2, 0.25) is 10.0 Å². The number of aliphatic hydroxyl groups is 1. The number of halogens is 2. The average molecular weight is 480 g/mol. The highest BCUT2D eigenvalue weighted by Gasteiger charge is 2.16. The Kier molecular flexibility index (Phi) is 6.89. The molecule has 0 unspecified atom stereocenters. The molecule has 0 saturated carbocycles. The molecule has 6 nitrogen and oxygen atoms in total. The number of nitrogens with zero attached hydrogens (tertiary/aromatic N) is 1. The first-order valence-electron chi connectivity index (χ1n) is 10.1. The van der Waals surface area contributed by atoms with Crippen molar-refractivity contribution >= 4 is 51.5 Å². The molecule has 0 aliphatic heterocycles. The summed E-state index contributed by atoms with van der Waals surface area (Å²) in [6, 6.07) is 19.3. The van der Waals surface area contributed by atoms with Gasteiger partial charge in [-0.25, -0.2) is 0 Å². The quantitative estimate of drug-likeness (QED) is 0.355. The molecular weight excluding hydrogens is 461 g/mol. The van der Waals surface area contributed by atoms with Gasteiger partial charge in [-0.1, -0.05) is 47.5 Å². The SMILES string of the molecule is O=C(NCCO)c1ccc(C(=O)Nc2ccc(Cl)c(-c3nccc4ccccc34)c2)c(Cl)c1. The van der Waals surface area contributed by atoms with Crippen molar-refractivity contribution in [1.29, 1.82) is 0 Å². The highest BCUT2D eigenvalue weighted by Crippen LogP contribution is 2.34. The van der Waals surface area contributed by atoms with Crippen LogP contribution in [-0.4, -0.2) is 35.1 Å². The Labute approximate surface area is 200 Å². The lowest BCUT2D eigenvalue weighted by Gasteiger charge is -2.12. The smallest absolute Gasteiger partial charge is 0.257 e. The van der Waals surface area contributed by atoms with E-state index in [-0.39, 0.29) is 29.6 Å². The number of fused-ring (bicyclic) bond motifs is 1. The van der Waals surface area contributed by atoms with Crippen molar-refractivity contribution < 1.29 is 14.7 Å². The minimum absolute atomic E-state index is 0.128. The van der Waals surface area contributed by atoms with Crippen molar-refractivity contribution in [3.63, 3.8) is 0 Å². The van der Waals surface area contributed by atoms with Gasteiger partial charge in [0.05, 0.1) is 27.9 Å². The molecule has 2 amide bonds. The third-order valence-electron chi connectivity index (χ3n) is 5.03. The zero-order valence-corrected chi connectivity index (χ0v) is 18.8. The molecule has 0 saturated heterocycles. The van der Waals surface area contributed by atoms with E-state index in [1.807, 2.05) is 30.3 Å². The van der Waals surface area contributed by atoms with Crippen molar-refractivity contribution in [3.05, 3.63) is 94.1 Å². The van der Waals surface area contributed by atoms with E-state index in [4.69, 9.17) is 28.3 Å². The molecule has 0 fully saturated rings. The highest BCUT2D eigenvalue weighted by molar-refractivity contribution is 6.35. The maximum Gasteiger partial charge on any atom is 0.257 e. The first-order valence-corrected chi connectivity index (χ1v) is 10.9. The van der Waals surface area contributed by atoms with Crippen molar-refractivity contribution in [2.45, 2.75) is 0 Å². The molecule has 0 spiro atoms. The zero-order chi connectivity index (χ0) is 23.4. The van der Waals surface area contributed by atoms with Crippen LogP contribution in [0.3, 0.4) is 0 Å². The number of rotatable bonds is 6. The molecular formula is C25H19Cl2N3O3. The summed E-state index contributed by atoms with van der Waals surface area (Å²) in [7, 11) is 0. The molecule has 0 aliphatic carbocycles. The van der Waals surface area contributed by atoms with Crippen LogP contribution in [0.5, 0.6) is 0 Å². The highest BCUT2D eigenvalue weighted by atomic mass is 35.5. The summed E-state index contributed by atoms with van der Waals surface area (Å²) in [6.07, 6.45) is 1.72. The number of pyridine rings is 1. The first kappa shape index (κ1) is 22.7. The second kappa shape index (κ2) is 10.0. The lowest BCUT2D eigenvalue weighted by Crippen LogP contribution is -2.26. The van der Waals surface area contributed by atoms with E-state index in [0.717, 1.165) is 10.8 Å². The predicted molar refractivity (Wildman–Crippen MR) is 131 cm³/mol. The number of nitrogens with one attached hydrogen (secondary N) is 2. The molecule has 0 radical (unpaired) electrons. The van der Waals surface area contributed by atoms with E-state index in [1.54, 1.807) is 24.4 Å². The van der Waals surface area contributed by atoms with E-state index in [2.05, 4.69) is 15.6 Å². The van der Waals surface area contributed by atoms with Crippen LogP contribution in [0.15, 0.2) is 72.9 Å². The van der Waals surface area contributed by atoms with Crippen LogP contribution >= 0.6 is 23.2 Å². The fraction of sp³-hybridized carbons (Fsp3) is 0.0800. The number of benzene rings is 3. The van der Waals surface area contributed by atoms with Gasteiger partial charge in [0, 0.05) is 34.9 Å². The summed E-state index contributed by atoms with van der Waals surface area (Å²) in [5.74, 6) is -0.815. The minimum Gasteiger partial charge on any atom is -0.395 e.